The lowest BCUT2D eigenvalue weighted by Gasteiger charge is -2.21. The van der Waals surface area contributed by atoms with Gasteiger partial charge < -0.3 is 10.1 Å². The Labute approximate surface area is 166 Å². The number of sulfonamides is 1. The lowest BCUT2D eigenvalue weighted by Crippen LogP contribution is -2.37. The number of carbonyl (C=O) groups is 2. The Morgan fingerprint density at radius 1 is 1.25 bits per heavy atom. The predicted molar refractivity (Wildman–Crippen MR) is 105 cm³/mol. The van der Waals surface area contributed by atoms with E-state index >= 15 is 0 Å². The summed E-state index contributed by atoms with van der Waals surface area (Å²) in [6.45, 7) is -0.506. The summed E-state index contributed by atoms with van der Waals surface area (Å²) >= 11 is 1.30. The highest BCUT2D eigenvalue weighted by Gasteiger charge is 2.29. The SMILES string of the molecule is COC(=O)c1c(NC(=O)CN(c2ccc(F)cc2)S(C)(=O)=O)sc2c1CCC2. The van der Waals surface area contributed by atoms with Crippen LogP contribution in [0.25, 0.3) is 0 Å². The Kier molecular flexibility index (Phi) is 5.71. The number of benzene rings is 1. The van der Waals surface area contributed by atoms with E-state index < -0.39 is 34.3 Å². The lowest BCUT2D eigenvalue weighted by atomic mass is 10.1. The topological polar surface area (TPSA) is 92.8 Å². The molecule has 3 rings (SSSR count). The van der Waals surface area contributed by atoms with Crippen molar-refractivity contribution in [3.05, 3.63) is 46.1 Å². The number of amides is 1. The molecule has 0 aliphatic heterocycles. The zero-order chi connectivity index (χ0) is 20.5. The minimum absolute atomic E-state index is 0.168. The maximum absolute atomic E-state index is 13.1. The molecule has 10 heteroatoms. The van der Waals surface area contributed by atoms with E-state index in [1.54, 1.807) is 0 Å². The van der Waals surface area contributed by atoms with E-state index in [4.69, 9.17) is 4.74 Å². The molecule has 0 fully saturated rings. The van der Waals surface area contributed by atoms with Crippen LogP contribution >= 0.6 is 11.3 Å². The van der Waals surface area contributed by atoms with Gasteiger partial charge in [-0.05, 0) is 49.1 Å². The maximum Gasteiger partial charge on any atom is 0.341 e. The fourth-order valence-electron chi connectivity index (χ4n) is 3.11. The highest BCUT2D eigenvalue weighted by atomic mass is 32.2. The second-order valence-corrected chi connectivity index (χ2v) is 9.36. The van der Waals surface area contributed by atoms with Crippen LogP contribution in [0.15, 0.2) is 24.3 Å². The molecule has 0 bridgehead atoms. The van der Waals surface area contributed by atoms with E-state index in [2.05, 4.69) is 5.32 Å². The van der Waals surface area contributed by atoms with E-state index in [0.717, 1.165) is 52.4 Å². The molecule has 0 radical (unpaired) electrons. The number of halogens is 1. The number of thiophene rings is 1. The van der Waals surface area contributed by atoms with E-state index in [1.807, 2.05) is 0 Å². The Bertz CT molecular complexity index is 1020. The van der Waals surface area contributed by atoms with Gasteiger partial charge in [0.2, 0.25) is 15.9 Å². The summed E-state index contributed by atoms with van der Waals surface area (Å²) in [4.78, 5) is 25.7. The number of hydrogen-bond donors (Lipinski definition) is 1. The van der Waals surface area contributed by atoms with Crippen molar-refractivity contribution in [2.45, 2.75) is 19.3 Å². The molecule has 1 aromatic heterocycles. The van der Waals surface area contributed by atoms with Gasteiger partial charge in [0, 0.05) is 4.88 Å². The number of esters is 1. The fraction of sp³-hybridized carbons (Fsp3) is 0.333. The molecule has 1 amide bonds. The van der Waals surface area contributed by atoms with Crippen molar-refractivity contribution in [1.82, 2.24) is 0 Å². The average molecular weight is 426 g/mol. The smallest absolute Gasteiger partial charge is 0.341 e. The molecular weight excluding hydrogens is 407 g/mol. The van der Waals surface area contributed by atoms with Crippen LogP contribution in [0.4, 0.5) is 15.1 Å². The second-order valence-electron chi connectivity index (χ2n) is 6.35. The van der Waals surface area contributed by atoms with Crippen molar-refractivity contribution in [2.75, 3.05) is 29.5 Å². The fourth-order valence-corrected chi connectivity index (χ4v) is 5.26. The third-order valence-corrected chi connectivity index (χ3v) is 6.71. The molecule has 7 nitrogen and oxygen atoms in total. The third-order valence-electron chi connectivity index (χ3n) is 4.37. The summed E-state index contributed by atoms with van der Waals surface area (Å²) in [6, 6.07) is 4.79. The van der Waals surface area contributed by atoms with Crippen molar-refractivity contribution in [3.8, 4) is 0 Å². The third kappa shape index (κ3) is 4.17. The normalized spacial score (nSPS) is 13.1. The summed E-state index contributed by atoms with van der Waals surface area (Å²) in [6.07, 6.45) is 3.46. The van der Waals surface area contributed by atoms with Gasteiger partial charge in [-0.25, -0.2) is 17.6 Å². The molecule has 0 unspecified atom stereocenters. The van der Waals surface area contributed by atoms with Crippen molar-refractivity contribution in [3.63, 3.8) is 0 Å². The molecule has 0 saturated heterocycles. The van der Waals surface area contributed by atoms with Gasteiger partial charge in [-0.15, -0.1) is 11.3 Å². The molecule has 150 valence electrons. The van der Waals surface area contributed by atoms with E-state index in [0.29, 0.717) is 10.6 Å². The van der Waals surface area contributed by atoms with Crippen LogP contribution in [-0.2, 0) is 32.4 Å². The van der Waals surface area contributed by atoms with Gasteiger partial charge in [-0.2, -0.15) is 0 Å². The molecule has 1 aromatic carbocycles. The number of anilines is 2. The number of hydrogen-bond acceptors (Lipinski definition) is 6. The van der Waals surface area contributed by atoms with Crippen LogP contribution in [-0.4, -0.2) is 40.2 Å². The van der Waals surface area contributed by atoms with Gasteiger partial charge in [0.1, 0.15) is 17.4 Å². The van der Waals surface area contributed by atoms with E-state index in [1.165, 1.54) is 30.6 Å². The van der Waals surface area contributed by atoms with Gasteiger partial charge in [0.05, 0.1) is 24.6 Å². The van der Waals surface area contributed by atoms with Crippen LogP contribution in [0.5, 0.6) is 0 Å². The summed E-state index contributed by atoms with van der Waals surface area (Å²) in [5, 5.41) is 2.99. The highest BCUT2D eigenvalue weighted by Crippen LogP contribution is 2.39. The standard InChI is InChI=1S/C18H19FN2O5S2/c1-26-18(23)16-13-4-3-5-14(13)27-17(16)20-15(22)10-21(28(2,24)25)12-8-6-11(19)7-9-12/h6-9H,3-5,10H2,1-2H3,(H,20,22). The van der Waals surface area contributed by atoms with Crippen LogP contribution < -0.4 is 9.62 Å². The van der Waals surface area contributed by atoms with Crippen molar-refractivity contribution in [2.24, 2.45) is 0 Å². The molecular formula is C18H19FN2O5S2. The number of methoxy groups -OCH3 is 1. The first kappa shape index (κ1) is 20.3. The van der Waals surface area contributed by atoms with Crippen LogP contribution in [0, 0.1) is 5.82 Å². The van der Waals surface area contributed by atoms with Crippen molar-refractivity contribution >= 4 is 43.9 Å². The first-order valence-electron chi connectivity index (χ1n) is 8.46. The zero-order valence-electron chi connectivity index (χ0n) is 15.3. The Balaban J connectivity index is 1.84. The second kappa shape index (κ2) is 7.88. The molecule has 0 atom stereocenters. The van der Waals surface area contributed by atoms with Crippen LogP contribution in [0.3, 0.4) is 0 Å². The minimum atomic E-state index is -3.78. The van der Waals surface area contributed by atoms with Gasteiger partial charge in [-0.1, -0.05) is 0 Å². The Morgan fingerprint density at radius 2 is 1.93 bits per heavy atom. The van der Waals surface area contributed by atoms with E-state index in [9.17, 15) is 22.4 Å². The quantitative estimate of drug-likeness (QED) is 0.717. The van der Waals surface area contributed by atoms with Gasteiger partial charge in [0.15, 0.2) is 0 Å². The molecule has 1 aliphatic rings. The van der Waals surface area contributed by atoms with Gasteiger partial charge in [-0.3, -0.25) is 9.10 Å². The van der Waals surface area contributed by atoms with Gasteiger partial charge in [0.25, 0.3) is 0 Å². The van der Waals surface area contributed by atoms with Gasteiger partial charge >= 0.3 is 5.97 Å². The first-order valence-corrected chi connectivity index (χ1v) is 11.1. The molecule has 1 heterocycles. The summed E-state index contributed by atoms with van der Waals surface area (Å²) < 4.78 is 43.1. The molecule has 0 spiro atoms. The van der Waals surface area contributed by atoms with E-state index in [-0.39, 0.29) is 5.69 Å². The number of aryl methyl sites for hydroxylation is 1. The Hall–Kier alpha value is -2.46. The summed E-state index contributed by atoms with van der Waals surface area (Å²) in [7, 11) is -2.51. The number of nitrogens with zero attached hydrogens (tertiary/aromatic N) is 1. The number of rotatable bonds is 6. The van der Waals surface area contributed by atoms with Crippen molar-refractivity contribution < 1.29 is 27.1 Å². The zero-order valence-corrected chi connectivity index (χ0v) is 17.0. The molecule has 2 aromatic rings. The maximum atomic E-state index is 13.1. The average Bonchev–Trinajstić information content (AvgIpc) is 3.19. The predicted octanol–water partition coefficient (Wildman–Crippen LogP) is 2.57. The molecule has 0 saturated carbocycles. The minimum Gasteiger partial charge on any atom is -0.465 e. The van der Waals surface area contributed by atoms with Crippen molar-refractivity contribution in [1.29, 1.82) is 0 Å². The largest absolute Gasteiger partial charge is 0.465 e. The summed E-state index contributed by atoms with van der Waals surface area (Å²) in [5.41, 5.74) is 1.38. The highest BCUT2D eigenvalue weighted by molar-refractivity contribution is 7.92. The number of ether oxygens (including phenoxy) is 1. The first-order chi connectivity index (χ1) is 13.2. The molecule has 1 N–H and O–H groups in total. The van der Waals surface area contributed by atoms with Crippen LogP contribution in [0.1, 0.15) is 27.2 Å². The number of fused-ring (bicyclic) bond motifs is 1. The molecule has 1 aliphatic carbocycles. The summed E-state index contributed by atoms with van der Waals surface area (Å²) in [5.74, 6) is -1.66. The Morgan fingerprint density at radius 3 is 2.54 bits per heavy atom. The monoisotopic (exact) mass is 426 g/mol. The molecule has 28 heavy (non-hydrogen) atoms. The lowest BCUT2D eigenvalue weighted by molar-refractivity contribution is -0.114. The number of carbonyl (C=O) groups excluding carboxylic acids is 2. The van der Waals surface area contributed by atoms with Crippen LogP contribution in [0.2, 0.25) is 0 Å². The number of nitrogens with one attached hydrogen (secondary N) is 1.